The van der Waals surface area contributed by atoms with Gasteiger partial charge in [0.05, 0.1) is 0 Å². The third-order valence-electron chi connectivity index (χ3n) is 1.93. The topological polar surface area (TPSA) is 40.6 Å². The van der Waals surface area contributed by atoms with E-state index in [1.807, 2.05) is 6.92 Å². The third kappa shape index (κ3) is 4.13. The molecule has 0 spiro atoms. The maximum atomic E-state index is 11.7. The van der Waals surface area contributed by atoms with Crippen LogP contribution in [-0.2, 0) is 10.2 Å². The van der Waals surface area contributed by atoms with E-state index in [0.717, 1.165) is 6.42 Å². The summed E-state index contributed by atoms with van der Waals surface area (Å²) in [7, 11) is -0.0946. The molecule has 0 radical (unpaired) electrons. The highest BCUT2D eigenvalue weighted by atomic mass is 35.5. The van der Waals surface area contributed by atoms with Crippen LogP contribution in [0.25, 0.3) is 0 Å². The maximum absolute atomic E-state index is 11.7. The van der Waals surface area contributed by atoms with Crippen LogP contribution in [0.15, 0.2) is 0 Å². The zero-order valence-electron chi connectivity index (χ0n) is 9.03. The van der Waals surface area contributed by atoms with Crippen molar-refractivity contribution in [3.8, 4) is 0 Å². The summed E-state index contributed by atoms with van der Waals surface area (Å²) in [6, 6.07) is 0. The number of rotatable bonds is 7. The van der Waals surface area contributed by atoms with Crippen LogP contribution in [0.5, 0.6) is 0 Å². The summed E-state index contributed by atoms with van der Waals surface area (Å²) in [5, 5.41) is 0. The van der Waals surface area contributed by atoms with Crippen LogP contribution in [0.3, 0.4) is 0 Å². The van der Waals surface area contributed by atoms with Gasteiger partial charge in [-0.15, -0.1) is 11.6 Å². The second-order valence-electron chi connectivity index (χ2n) is 3.19. The quantitative estimate of drug-likeness (QED) is 0.628. The van der Waals surface area contributed by atoms with E-state index in [2.05, 4.69) is 0 Å². The lowest BCUT2D eigenvalue weighted by Crippen LogP contribution is -2.40. The minimum absolute atomic E-state index is 0.472. The maximum Gasteiger partial charge on any atom is 0.281 e. The molecule has 6 heteroatoms. The Morgan fingerprint density at radius 2 is 1.64 bits per heavy atom. The Bertz CT molecular complexity index is 244. The smallest absolute Gasteiger partial charge is 0.195 e. The predicted molar refractivity (Wildman–Crippen MR) is 59.8 cm³/mol. The Labute approximate surface area is 92.0 Å². The molecule has 0 aromatic rings. The molecule has 0 aromatic carbocycles. The average molecular weight is 243 g/mol. The first kappa shape index (κ1) is 14.2. The van der Waals surface area contributed by atoms with Gasteiger partial charge in [-0.2, -0.15) is 17.0 Å². The molecule has 0 rings (SSSR count). The van der Waals surface area contributed by atoms with Gasteiger partial charge in [0, 0.05) is 33.1 Å². The standard InChI is InChI=1S/C8H19ClN2O2S/c1-4-7-10(2)14(12,13)11(3)8-5-6-9/h4-8H2,1-3H3. The van der Waals surface area contributed by atoms with Crippen LogP contribution < -0.4 is 0 Å². The highest BCUT2D eigenvalue weighted by Gasteiger charge is 2.21. The van der Waals surface area contributed by atoms with E-state index in [1.165, 1.54) is 8.61 Å². The second kappa shape index (κ2) is 6.61. The van der Waals surface area contributed by atoms with Gasteiger partial charge in [0.1, 0.15) is 0 Å². The van der Waals surface area contributed by atoms with Crippen LogP contribution in [0.2, 0.25) is 0 Å². The fourth-order valence-corrected chi connectivity index (χ4v) is 2.43. The first-order chi connectivity index (χ1) is 6.46. The zero-order chi connectivity index (χ0) is 11.2. The molecule has 0 saturated heterocycles. The number of nitrogens with zero attached hydrogens (tertiary/aromatic N) is 2. The van der Waals surface area contributed by atoms with Gasteiger partial charge >= 0.3 is 0 Å². The largest absolute Gasteiger partial charge is 0.281 e. The van der Waals surface area contributed by atoms with E-state index in [0.29, 0.717) is 25.4 Å². The normalized spacial score (nSPS) is 12.7. The van der Waals surface area contributed by atoms with Gasteiger partial charge in [-0.3, -0.25) is 0 Å². The zero-order valence-corrected chi connectivity index (χ0v) is 10.6. The fraction of sp³-hybridized carbons (Fsp3) is 1.00. The molecule has 0 atom stereocenters. The predicted octanol–water partition coefficient (Wildman–Crippen LogP) is 1.13. The fourth-order valence-electron chi connectivity index (χ4n) is 1.07. The monoisotopic (exact) mass is 242 g/mol. The van der Waals surface area contributed by atoms with E-state index in [9.17, 15) is 8.42 Å². The summed E-state index contributed by atoms with van der Waals surface area (Å²) in [6.45, 7) is 2.97. The minimum atomic E-state index is -3.27. The van der Waals surface area contributed by atoms with Gasteiger partial charge in [0.25, 0.3) is 10.2 Å². The first-order valence-corrected chi connectivity index (χ1v) is 6.63. The van der Waals surface area contributed by atoms with Crippen molar-refractivity contribution in [2.45, 2.75) is 19.8 Å². The van der Waals surface area contributed by atoms with Crippen molar-refractivity contribution in [1.82, 2.24) is 8.61 Å². The van der Waals surface area contributed by atoms with Gasteiger partial charge < -0.3 is 0 Å². The van der Waals surface area contributed by atoms with Gasteiger partial charge in [0.2, 0.25) is 0 Å². The van der Waals surface area contributed by atoms with E-state index in [1.54, 1.807) is 14.1 Å². The summed E-state index contributed by atoms with van der Waals surface area (Å²) >= 11 is 5.50. The third-order valence-corrected chi connectivity index (χ3v) is 4.14. The molecule has 0 aliphatic carbocycles. The summed E-state index contributed by atoms with van der Waals surface area (Å²) < 4.78 is 26.2. The summed E-state index contributed by atoms with van der Waals surface area (Å²) in [5.74, 6) is 0.483. The molecular formula is C8H19ClN2O2S. The molecule has 0 fully saturated rings. The van der Waals surface area contributed by atoms with Crippen LogP contribution in [0, 0.1) is 0 Å². The molecule has 0 amide bonds. The molecule has 4 nitrogen and oxygen atoms in total. The van der Waals surface area contributed by atoms with Crippen molar-refractivity contribution in [2.75, 3.05) is 33.1 Å². The Kier molecular flexibility index (Phi) is 6.68. The lowest BCUT2D eigenvalue weighted by Gasteiger charge is -2.23. The van der Waals surface area contributed by atoms with Crippen molar-refractivity contribution in [1.29, 1.82) is 0 Å². The highest BCUT2D eigenvalue weighted by molar-refractivity contribution is 7.86. The molecule has 0 N–H and O–H groups in total. The van der Waals surface area contributed by atoms with Crippen LogP contribution in [-0.4, -0.2) is 50.1 Å². The molecular weight excluding hydrogens is 224 g/mol. The van der Waals surface area contributed by atoms with Crippen LogP contribution in [0.4, 0.5) is 0 Å². The molecule has 0 saturated carbocycles. The second-order valence-corrected chi connectivity index (χ2v) is 5.71. The Hall–Kier alpha value is 0.160. The molecule has 14 heavy (non-hydrogen) atoms. The Morgan fingerprint density at radius 3 is 2.07 bits per heavy atom. The average Bonchev–Trinajstić information content (AvgIpc) is 2.14. The molecule has 0 heterocycles. The van der Waals surface area contributed by atoms with Gasteiger partial charge in [-0.1, -0.05) is 6.92 Å². The van der Waals surface area contributed by atoms with Crippen molar-refractivity contribution in [3.05, 3.63) is 0 Å². The van der Waals surface area contributed by atoms with Gasteiger partial charge in [-0.25, -0.2) is 0 Å². The summed E-state index contributed by atoms with van der Waals surface area (Å²) in [4.78, 5) is 0. The first-order valence-electron chi connectivity index (χ1n) is 4.70. The number of hydrogen-bond donors (Lipinski definition) is 0. The van der Waals surface area contributed by atoms with Crippen LogP contribution in [0.1, 0.15) is 19.8 Å². The lowest BCUT2D eigenvalue weighted by molar-refractivity contribution is 0.392. The Morgan fingerprint density at radius 1 is 1.14 bits per heavy atom. The molecule has 0 aromatic heterocycles. The van der Waals surface area contributed by atoms with Crippen molar-refractivity contribution in [3.63, 3.8) is 0 Å². The molecule has 0 aliphatic heterocycles. The highest BCUT2D eigenvalue weighted by Crippen LogP contribution is 2.05. The van der Waals surface area contributed by atoms with E-state index < -0.39 is 10.2 Å². The SMILES string of the molecule is CCCN(C)S(=O)(=O)N(C)CCCCl. The molecule has 0 bridgehead atoms. The summed E-state index contributed by atoms with van der Waals surface area (Å²) in [5.41, 5.74) is 0. The molecule has 0 aliphatic rings. The van der Waals surface area contributed by atoms with Crippen molar-refractivity contribution >= 4 is 21.8 Å². The summed E-state index contributed by atoms with van der Waals surface area (Å²) in [6.07, 6.45) is 1.50. The molecule has 86 valence electrons. The van der Waals surface area contributed by atoms with Crippen LogP contribution >= 0.6 is 11.6 Å². The van der Waals surface area contributed by atoms with E-state index >= 15 is 0 Å². The van der Waals surface area contributed by atoms with Gasteiger partial charge in [-0.05, 0) is 12.8 Å². The number of halogens is 1. The van der Waals surface area contributed by atoms with Crippen molar-refractivity contribution in [2.24, 2.45) is 0 Å². The lowest BCUT2D eigenvalue weighted by atomic mass is 10.5. The number of hydrogen-bond acceptors (Lipinski definition) is 2. The number of alkyl halides is 1. The van der Waals surface area contributed by atoms with Gasteiger partial charge in [0.15, 0.2) is 0 Å². The molecule has 0 unspecified atom stereocenters. The Balaban J connectivity index is 4.29. The van der Waals surface area contributed by atoms with E-state index in [-0.39, 0.29) is 0 Å². The van der Waals surface area contributed by atoms with E-state index in [4.69, 9.17) is 11.6 Å². The van der Waals surface area contributed by atoms with Crippen molar-refractivity contribution < 1.29 is 8.42 Å². The minimum Gasteiger partial charge on any atom is -0.195 e.